The first-order valence-corrected chi connectivity index (χ1v) is 12.9. The molecule has 0 spiro atoms. The molecule has 1 fully saturated rings. The minimum atomic E-state index is -4.08. The molecule has 0 unspecified atom stereocenters. The van der Waals surface area contributed by atoms with E-state index in [1.807, 2.05) is 13.8 Å². The number of hydrogen-bond acceptors (Lipinski definition) is 6. The van der Waals surface area contributed by atoms with E-state index in [4.69, 9.17) is 0 Å². The van der Waals surface area contributed by atoms with Crippen molar-refractivity contribution in [1.29, 1.82) is 0 Å². The highest BCUT2D eigenvalue weighted by Crippen LogP contribution is 2.32. The fraction of sp³-hybridized carbons (Fsp3) is 0.417. The second-order valence-corrected chi connectivity index (χ2v) is 9.88. The van der Waals surface area contributed by atoms with E-state index in [0.717, 1.165) is 18.7 Å². The maximum Gasteiger partial charge on any atom is 0.264 e. The van der Waals surface area contributed by atoms with Gasteiger partial charge in [-0.15, -0.1) is 0 Å². The van der Waals surface area contributed by atoms with Gasteiger partial charge in [0.05, 0.1) is 17.1 Å². The molecule has 2 aromatic carbocycles. The van der Waals surface area contributed by atoms with Crippen molar-refractivity contribution < 1.29 is 18.0 Å². The monoisotopic (exact) mass is 487 g/mol. The number of benzene rings is 2. The Morgan fingerprint density at radius 3 is 2.32 bits per heavy atom. The lowest BCUT2D eigenvalue weighted by Crippen LogP contribution is -2.43. The molecule has 0 aromatic heterocycles. The maximum atomic E-state index is 13.5. The summed E-state index contributed by atoms with van der Waals surface area (Å²) in [7, 11) is -4.08. The standard InChI is InChI=1S/C24H33N5O4S/c1-5-28(6-2)24(31)19-8-10-22(29-13-11-25-12-14-29)21(16-19)27-34(32,33)23-15-17(3)7-9-20(23)26-18(4)30/h7-10,15-16,25,27H,5-6,11-14H2,1-4H3,(H,26,30). The molecule has 0 radical (unpaired) electrons. The molecule has 2 amide bonds. The van der Waals surface area contributed by atoms with Crippen LogP contribution >= 0.6 is 0 Å². The number of nitrogens with zero attached hydrogens (tertiary/aromatic N) is 2. The fourth-order valence-corrected chi connectivity index (χ4v) is 5.28. The van der Waals surface area contributed by atoms with Crippen LogP contribution in [0.4, 0.5) is 17.1 Å². The Morgan fingerprint density at radius 2 is 1.71 bits per heavy atom. The predicted octanol–water partition coefficient (Wildman–Crippen LogP) is 2.65. The molecule has 1 aliphatic rings. The third-order valence-electron chi connectivity index (χ3n) is 5.73. The molecular weight excluding hydrogens is 454 g/mol. The third-order valence-corrected chi connectivity index (χ3v) is 7.14. The van der Waals surface area contributed by atoms with Crippen LogP contribution in [0.2, 0.25) is 0 Å². The number of anilines is 3. The third kappa shape index (κ3) is 5.87. The number of piperazine rings is 1. The van der Waals surface area contributed by atoms with Crippen LogP contribution in [0.25, 0.3) is 0 Å². The molecule has 3 rings (SSSR count). The topological polar surface area (TPSA) is 111 Å². The molecule has 34 heavy (non-hydrogen) atoms. The van der Waals surface area contributed by atoms with Crippen LogP contribution in [0.1, 0.15) is 36.7 Å². The van der Waals surface area contributed by atoms with E-state index >= 15 is 0 Å². The van der Waals surface area contributed by atoms with E-state index in [1.165, 1.54) is 13.0 Å². The Bertz CT molecular complexity index is 1160. The molecule has 0 saturated carbocycles. The minimum Gasteiger partial charge on any atom is -0.367 e. The molecule has 1 aliphatic heterocycles. The first kappa shape index (κ1) is 25.5. The van der Waals surface area contributed by atoms with Crippen LogP contribution in [-0.2, 0) is 14.8 Å². The molecule has 184 valence electrons. The van der Waals surface area contributed by atoms with Crippen LogP contribution in [0.15, 0.2) is 41.3 Å². The van der Waals surface area contributed by atoms with Crippen molar-refractivity contribution in [3.63, 3.8) is 0 Å². The average molecular weight is 488 g/mol. The number of sulfonamides is 1. The van der Waals surface area contributed by atoms with Gasteiger partial charge in [0.25, 0.3) is 15.9 Å². The van der Waals surface area contributed by atoms with Gasteiger partial charge < -0.3 is 20.4 Å². The highest BCUT2D eigenvalue weighted by molar-refractivity contribution is 7.93. The Hall–Kier alpha value is -3.11. The second-order valence-electron chi connectivity index (χ2n) is 8.23. The molecule has 10 heteroatoms. The van der Waals surface area contributed by atoms with Gasteiger partial charge >= 0.3 is 0 Å². The zero-order valence-corrected chi connectivity index (χ0v) is 21.0. The second kappa shape index (κ2) is 10.9. The SMILES string of the molecule is CCN(CC)C(=O)c1ccc(N2CCNCC2)c(NS(=O)(=O)c2cc(C)ccc2NC(C)=O)c1. The first-order valence-electron chi connectivity index (χ1n) is 11.5. The van der Waals surface area contributed by atoms with Crippen molar-refractivity contribution in [2.45, 2.75) is 32.6 Å². The molecule has 9 nitrogen and oxygen atoms in total. The lowest BCUT2D eigenvalue weighted by molar-refractivity contribution is -0.114. The van der Waals surface area contributed by atoms with Gasteiger partial charge in [0.1, 0.15) is 4.90 Å². The first-order chi connectivity index (χ1) is 16.2. The van der Waals surface area contributed by atoms with Crippen molar-refractivity contribution in [2.75, 3.05) is 54.2 Å². The summed E-state index contributed by atoms with van der Waals surface area (Å²) in [5.41, 5.74) is 2.38. The lowest BCUT2D eigenvalue weighted by Gasteiger charge is -2.31. The van der Waals surface area contributed by atoms with Crippen molar-refractivity contribution >= 4 is 38.9 Å². The van der Waals surface area contributed by atoms with Crippen molar-refractivity contribution in [3.05, 3.63) is 47.5 Å². The fourth-order valence-electron chi connectivity index (χ4n) is 3.97. The van der Waals surface area contributed by atoms with Gasteiger partial charge in [-0.05, 0) is 56.7 Å². The van der Waals surface area contributed by atoms with Gasteiger partial charge in [-0.1, -0.05) is 6.07 Å². The van der Waals surface area contributed by atoms with Crippen LogP contribution in [0.3, 0.4) is 0 Å². The van der Waals surface area contributed by atoms with Crippen LogP contribution in [0.5, 0.6) is 0 Å². The summed E-state index contributed by atoms with van der Waals surface area (Å²) in [6.45, 7) is 11.0. The molecule has 0 bridgehead atoms. The molecule has 0 aliphatic carbocycles. The Kier molecular flexibility index (Phi) is 8.16. The Morgan fingerprint density at radius 1 is 1.03 bits per heavy atom. The smallest absolute Gasteiger partial charge is 0.264 e. The summed E-state index contributed by atoms with van der Waals surface area (Å²) in [6, 6.07) is 9.96. The molecule has 3 N–H and O–H groups in total. The lowest BCUT2D eigenvalue weighted by atomic mass is 10.1. The Labute approximate surface area is 201 Å². The van der Waals surface area contributed by atoms with E-state index in [0.29, 0.717) is 43.1 Å². The van der Waals surface area contributed by atoms with E-state index in [-0.39, 0.29) is 22.4 Å². The molecule has 0 atom stereocenters. The summed E-state index contributed by atoms with van der Waals surface area (Å²) >= 11 is 0. The number of nitrogens with one attached hydrogen (secondary N) is 3. The van der Waals surface area contributed by atoms with Gasteiger partial charge in [0.2, 0.25) is 5.91 Å². The molecule has 2 aromatic rings. The van der Waals surface area contributed by atoms with E-state index in [1.54, 1.807) is 42.2 Å². The number of aryl methyl sites for hydroxylation is 1. The number of carbonyl (C=O) groups is 2. The number of carbonyl (C=O) groups excluding carboxylic acids is 2. The molecule has 1 saturated heterocycles. The normalized spacial score (nSPS) is 13.9. The van der Waals surface area contributed by atoms with Gasteiger partial charge in [0, 0.05) is 51.8 Å². The molecular formula is C24H33N5O4S. The van der Waals surface area contributed by atoms with Crippen LogP contribution in [-0.4, -0.2) is 64.4 Å². The summed E-state index contributed by atoms with van der Waals surface area (Å²) < 4.78 is 29.8. The van der Waals surface area contributed by atoms with Gasteiger partial charge in [0.15, 0.2) is 0 Å². The number of rotatable bonds is 8. The molecule has 1 heterocycles. The summed E-state index contributed by atoms with van der Waals surface area (Å²) in [5.74, 6) is -0.527. The van der Waals surface area contributed by atoms with E-state index in [9.17, 15) is 18.0 Å². The predicted molar refractivity (Wildman–Crippen MR) is 135 cm³/mol. The van der Waals surface area contributed by atoms with Crippen molar-refractivity contribution in [1.82, 2.24) is 10.2 Å². The summed E-state index contributed by atoms with van der Waals surface area (Å²) in [5, 5.41) is 5.88. The van der Waals surface area contributed by atoms with Crippen molar-refractivity contribution in [3.8, 4) is 0 Å². The average Bonchev–Trinajstić information content (AvgIpc) is 2.81. The van der Waals surface area contributed by atoms with Gasteiger partial charge in [-0.25, -0.2) is 8.42 Å². The largest absolute Gasteiger partial charge is 0.367 e. The minimum absolute atomic E-state index is 0.0329. The van der Waals surface area contributed by atoms with Gasteiger partial charge in [-0.3, -0.25) is 14.3 Å². The number of hydrogen-bond donors (Lipinski definition) is 3. The van der Waals surface area contributed by atoms with E-state index < -0.39 is 10.0 Å². The summed E-state index contributed by atoms with van der Waals surface area (Å²) in [6.07, 6.45) is 0. The van der Waals surface area contributed by atoms with Crippen LogP contribution < -0.4 is 20.3 Å². The van der Waals surface area contributed by atoms with E-state index in [2.05, 4.69) is 20.3 Å². The summed E-state index contributed by atoms with van der Waals surface area (Å²) in [4.78, 5) is 28.4. The van der Waals surface area contributed by atoms with Crippen molar-refractivity contribution in [2.24, 2.45) is 0 Å². The maximum absolute atomic E-state index is 13.5. The quantitative estimate of drug-likeness (QED) is 0.528. The van der Waals surface area contributed by atoms with Gasteiger partial charge in [-0.2, -0.15) is 0 Å². The zero-order valence-electron chi connectivity index (χ0n) is 20.1. The number of amides is 2. The Balaban J connectivity index is 2.07. The highest BCUT2D eigenvalue weighted by Gasteiger charge is 2.24. The van der Waals surface area contributed by atoms with Crippen LogP contribution in [0, 0.1) is 6.92 Å². The highest BCUT2D eigenvalue weighted by atomic mass is 32.2. The zero-order chi connectivity index (χ0) is 24.9.